The molecule has 0 bridgehead atoms. The molecule has 3 rings (SSSR count). The Balaban J connectivity index is 2.36. The first-order valence-electron chi connectivity index (χ1n) is 9.05. The molecule has 0 saturated heterocycles. The number of carbonyl (C=O) groups is 2. The number of hydrogen-bond acceptors (Lipinski definition) is 7. The maximum Gasteiger partial charge on any atom is 0.357 e. The molecule has 3 aromatic rings. The van der Waals surface area contributed by atoms with E-state index in [0.29, 0.717) is 23.2 Å². The van der Waals surface area contributed by atoms with Crippen LogP contribution in [0.25, 0.3) is 16.9 Å². The van der Waals surface area contributed by atoms with Crippen LogP contribution in [0.4, 0.5) is 5.69 Å². The summed E-state index contributed by atoms with van der Waals surface area (Å²) in [5.74, 6) is -1.60. The van der Waals surface area contributed by atoms with Crippen LogP contribution in [-0.2, 0) is 15.9 Å². The summed E-state index contributed by atoms with van der Waals surface area (Å²) in [5.41, 5.74) is 1.07. The fourth-order valence-electron chi connectivity index (χ4n) is 3.14. The van der Waals surface area contributed by atoms with Gasteiger partial charge in [-0.3, -0.25) is 10.1 Å². The van der Waals surface area contributed by atoms with Gasteiger partial charge in [0, 0.05) is 17.2 Å². The zero-order valence-electron chi connectivity index (χ0n) is 16.6. The van der Waals surface area contributed by atoms with E-state index in [1.807, 2.05) is 0 Å². The van der Waals surface area contributed by atoms with Crippen LogP contribution in [0.3, 0.4) is 0 Å². The number of carbonyl (C=O) groups excluding carboxylic acids is 2. The Morgan fingerprint density at radius 3 is 2.30 bits per heavy atom. The third-order valence-corrected chi connectivity index (χ3v) is 4.59. The summed E-state index contributed by atoms with van der Waals surface area (Å²) in [4.78, 5) is 36.2. The van der Waals surface area contributed by atoms with Crippen molar-refractivity contribution in [2.45, 2.75) is 13.3 Å². The first kappa shape index (κ1) is 20.7. The molecule has 9 heteroatoms. The minimum atomic E-state index is -0.810. The molecule has 1 heterocycles. The highest BCUT2D eigenvalue weighted by molar-refractivity contribution is 6.06. The average molecular weight is 409 g/mol. The maximum atomic E-state index is 12.6. The summed E-state index contributed by atoms with van der Waals surface area (Å²) >= 11 is 0. The molecule has 0 N–H and O–H groups in total. The lowest BCUT2D eigenvalue weighted by Crippen LogP contribution is -2.15. The molecular formula is C21H19N3O6. The second kappa shape index (κ2) is 8.56. The fourth-order valence-corrected chi connectivity index (χ4v) is 3.14. The molecule has 0 atom stereocenters. The molecule has 0 fully saturated rings. The van der Waals surface area contributed by atoms with Crippen molar-refractivity contribution in [3.05, 3.63) is 75.5 Å². The van der Waals surface area contributed by atoms with Crippen LogP contribution >= 0.6 is 0 Å². The van der Waals surface area contributed by atoms with E-state index >= 15 is 0 Å². The largest absolute Gasteiger partial charge is 0.465 e. The molecule has 0 amide bonds. The SMILES string of the molecule is CCc1ccc(-c2nn(-c3ccccc3)c(C(=O)OC)c2C(=O)OC)cc1[N+](=O)[O-]. The third kappa shape index (κ3) is 3.64. The van der Waals surface area contributed by atoms with E-state index in [1.165, 1.54) is 25.0 Å². The van der Waals surface area contributed by atoms with Crippen molar-refractivity contribution in [3.8, 4) is 16.9 Å². The van der Waals surface area contributed by atoms with Crippen LogP contribution in [0.1, 0.15) is 33.3 Å². The van der Waals surface area contributed by atoms with Gasteiger partial charge in [-0.05, 0) is 18.6 Å². The number of nitro groups is 1. The standard InChI is InChI=1S/C21H19N3O6/c1-4-13-10-11-14(12-16(13)24(27)28)18-17(20(25)29-2)19(21(26)30-3)23(22-18)15-8-6-5-7-9-15/h5-12H,4H2,1-3H3. The van der Waals surface area contributed by atoms with Crippen molar-refractivity contribution >= 4 is 17.6 Å². The number of esters is 2. The summed E-state index contributed by atoms with van der Waals surface area (Å²) in [5, 5.41) is 15.9. The molecule has 1 aromatic heterocycles. The quantitative estimate of drug-likeness (QED) is 0.347. The van der Waals surface area contributed by atoms with E-state index < -0.39 is 16.9 Å². The summed E-state index contributed by atoms with van der Waals surface area (Å²) in [6.45, 7) is 1.81. The first-order chi connectivity index (χ1) is 14.4. The number of methoxy groups -OCH3 is 2. The molecule has 30 heavy (non-hydrogen) atoms. The Bertz CT molecular complexity index is 1120. The van der Waals surface area contributed by atoms with E-state index in [0.717, 1.165) is 0 Å². The number of aryl methyl sites for hydroxylation is 1. The Morgan fingerprint density at radius 1 is 1.07 bits per heavy atom. The minimum absolute atomic E-state index is 0.0804. The van der Waals surface area contributed by atoms with E-state index in [2.05, 4.69) is 5.10 Å². The third-order valence-electron chi connectivity index (χ3n) is 4.59. The second-order valence-corrected chi connectivity index (χ2v) is 6.26. The van der Waals surface area contributed by atoms with Crippen LogP contribution in [-0.4, -0.2) is 40.9 Å². The van der Waals surface area contributed by atoms with E-state index in [9.17, 15) is 19.7 Å². The molecule has 0 aliphatic heterocycles. The van der Waals surface area contributed by atoms with Gasteiger partial charge in [0.05, 0.1) is 24.8 Å². The summed E-state index contributed by atoms with van der Waals surface area (Å²) < 4.78 is 11.0. The molecule has 0 unspecified atom stereocenters. The van der Waals surface area contributed by atoms with Crippen molar-refractivity contribution < 1.29 is 24.0 Å². The van der Waals surface area contributed by atoms with Crippen molar-refractivity contribution in [1.29, 1.82) is 0 Å². The van der Waals surface area contributed by atoms with Crippen LogP contribution < -0.4 is 0 Å². The number of rotatable bonds is 6. The molecular weight excluding hydrogens is 390 g/mol. The van der Waals surface area contributed by atoms with Gasteiger partial charge in [-0.15, -0.1) is 0 Å². The number of nitro benzene ring substituents is 1. The highest BCUT2D eigenvalue weighted by Gasteiger charge is 2.32. The second-order valence-electron chi connectivity index (χ2n) is 6.26. The van der Waals surface area contributed by atoms with Gasteiger partial charge >= 0.3 is 11.9 Å². The van der Waals surface area contributed by atoms with Gasteiger partial charge in [-0.1, -0.05) is 37.3 Å². The number of ether oxygens (including phenoxy) is 2. The number of hydrogen-bond donors (Lipinski definition) is 0. The molecule has 0 aliphatic rings. The first-order valence-corrected chi connectivity index (χ1v) is 9.05. The number of aromatic nitrogens is 2. The smallest absolute Gasteiger partial charge is 0.357 e. The summed E-state index contributed by atoms with van der Waals surface area (Å²) in [6.07, 6.45) is 0.465. The summed E-state index contributed by atoms with van der Waals surface area (Å²) in [6, 6.07) is 13.3. The summed E-state index contributed by atoms with van der Waals surface area (Å²) in [7, 11) is 2.36. The Labute approximate surface area is 172 Å². The normalized spacial score (nSPS) is 10.5. The van der Waals surface area contributed by atoms with Gasteiger partial charge in [0.1, 0.15) is 11.3 Å². The Hall–Kier alpha value is -4.01. The number of nitrogens with zero attached hydrogens (tertiary/aromatic N) is 3. The minimum Gasteiger partial charge on any atom is -0.465 e. The van der Waals surface area contributed by atoms with Crippen molar-refractivity contribution in [2.24, 2.45) is 0 Å². The molecule has 9 nitrogen and oxygen atoms in total. The molecule has 0 spiro atoms. The molecule has 0 saturated carbocycles. The monoisotopic (exact) mass is 409 g/mol. The Kier molecular flexibility index (Phi) is 5.91. The van der Waals surface area contributed by atoms with Crippen LogP contribution in [0, 0.1) is 10.1 Å². The predicted octanol–water partition coefficient (Wildman–Crippen LogP) is 3.58. The topological polar surface area (TPSA) is 114 Å². The molecule has 2 aromatic carbocycles. The van der Waals surface area contributed by atoms with E-state index in [-0.39, 0.29) is 22.6 Å². The van der Waals surface area contributed by atoms with Crippen molar-refractivity contribution in [1.82, 2.24) is 9.78 Å². The van der Waals surface area contributed by atoms with Crippen LogP contribution in [0.2, 0.25) is 0 Å². The van der Waals surface area contributed by atoms with E-state index in [1.54, 1.807) is 49.4 Å². The lowest BCUT2D eigenvalue weighted by Gasteiger charge is -2.07. The highest BCUT2D eigenvalue weighted by atomic mass is 16.6. The maximum absolute atomic E-state index is 12.6. The van der Waals surface area contributed by atoms with Gasteiger partial charge in [-0.2, -0.15) is 5.10 Å². The lowest BCUT2D eigenvalue weighted by molar-refractivity contribution is -0.385. The molecule has 154 valence electrons. The molecule has 0 aliphatic carbocycles. The molecule has 0 radical (unpaired) electrons. The predicted molar refractivity (Wildman–Crippen MR) is 108 cm³/mol. The number of benzene rings is 2. The van der Waals surface area contributed by atoms with E-state index in [4.69, 9.17) is 9.47 Å². The Morgan fingerprint density at radius 2 is 1.73 bits per heavy atom. The van der Waals surface area contributed by atoms with Gasteiger partial charge in [0.25, 0.3) is 5.69 Å². The van der Waals surface area contributed by atoms with Crippen LogP contribution in [0.5, 0.6) is 0 Å². The zero-order chi connectivity index (χ0) is 21.8. The van der Waals surface area contributed by atoms with Gasteiger partial charge < -0.3 is 9.47 Å². The van der Waals surface area contributed by atoms with Crippen LogP contribution in [0.15, 0.2) is 48.5 Å². The zero-order valence-corrected chi connectivity index (χ0v) is 16.6. The average Bonchev–Trinajstić information content (AvgIpc) is 3.18. The fraction of sp³-hybridized carbons (Fsp3) is 0.190. The number of para-hydroxylation sites is 1. The van der Waals surface area contributed by atoms with Gasteiger partial charge in [0.2, 0.25) is 0 Å². The van der Waals surface area contributed by atoms with Crippen molar-refractivity contribution in [3.63, 3.8) is 0 Å². The van der Waals surface area contributed by atoms with Crippen molar-refractivity contribution in [2.75, 3.05) is 14.2 Å². The van der Waals surface area contributed by atoms with Gasteiger partial charge in [0.15, 0.2) is 5.69 Å². The lowest BCUT2D eigenvalue weighted by atomic mass is 10.0. The highest BCUT2D eigenvalue weighted by Crippen LogP contribution is 2.32. The van der Waals surface area contributed by atoms with Gasteiger partial charge in [-0.25, -0.2) is 14.3 Å².